The average Bonchev–Trinajstić information content (AvgIpc) is 3.05. The van der Waals surface area contributed by atoms with Gasteiger partial charge in [0.15, 0.2) is 0 Å². The molecule has 0 bridgehead atoms. The first-order valence-electron chi connectivity index (χ1n) is 7.85. The Morgan fingerprint density at radius 1 is 1.38 bits per heavy atom. The quantitative estimate of drug-likeness (QED) is 0.770. The standard InChI is InChI=1S/C17H28N2O2/c1-17(13-18,19-12-16-4-3-11-21-16)10-9-14-5-7-15(20-2)8-6-14/h5-8,16,19H,3-4,9-13,18H2,1-2H3. The molecule has 1 saturated heterocycles. The van der Waals surface area contributed by atoms with Gasteiger partial charge in [-0.15, -0.1) is 0 Å². The van der Waals surface area contributed by atoms with Crippen molar-refractivity contribution < 1.29 is 9.47 Å². The highest BCUT2D eigenvalue weighted by molar-refractivity contribution is 5.27. The van der Waals surface area contributed by atoms with Crippen LogP contribution in [0.5, 0.6) is 5.75 Å². The van der Waals surface area contributed by atoms with Gasteiger partial charge in [0.25, 0.3) is 0 Å². The summed E-state index contributed by atoms with van der Waals surface area (Å²) in [5.74, 6) is 0.900. The minimum absolute atomic E-state index is 0.0358. The second-order valence-corrected chi connectivity index (χ2v) is 6.13. The van der Waals surface area contributed by atoms with Crippen LogP contribution >= 0.6 is 0 Å². The molecule has 1 aromatic carbocycles. The molecule has 1 aliphatic heterocycles. The lowest BCUT2D eigenvalue weighted by molar-refractivity contribution is 0.101. The number of aryl methyl sites for hydroxylation is 1. The Bertz CT molecular complexity index is 415. The van der Waals surface area contributed by atoms with Crippen molar-refractivity contribution in [2.24, 2.45) is 5.73 Å². The van der Waals surface area contributed by atoms with E-state index >= 15 is 0 Å². The minimum atomic E-state index is -0.0358. The van der Waals surface area contributed by atoms with Gasteiger partial charge in [-0.25, -0.2) is 0 Å². The molecule has 0 amide bonds. The Kier molecular flexibility index (Phi) is 6.03. The van der Waals surface area contributed by atoms with E-state index in [1.807, 2.05) is 12.1 Å². The van der Waals surface area contributed by atoms with Gasteiger partial charge in [-0.2, -0.15) is 0 Å². The predicted molar refractivity (Wildman–Crippen MR) is 85.8 cm³/mol. The first-order valence-corrected chi connectivity index (χ1v) is 7.85. The summed E-state index contributed by atoms with van der Waals surface area (Å²) in [5, 5.41) is 3.61. The summed E-state index contributed by atoms with van der Waals surface area (Å²) in [5.41, 5.74) is 7.26. The largest absolute Gasteiger partial charge is 0.497 e. The molecule has 1 fully saturated rings. The van der Waals surface area contributed by atoms with Crippen LogP contribution in [-0.4, -0.2) is 38.4 Å². The lowest BCUT2D eigenvalue weighted by atomic mass is 9.93. The molecule has 0 aromatic heterocycles. The number of hydrogen-bond donors (Lipinski definition) is 2. The summed E-state index contributed by atoms with van der Waals surface area (Å²) in [7, 11) is 1.69. The smallest absolute Gasteiger partial charge is 0.118 e. The highest BCUT2D eigenvalue weighted by Crippen LogP contribution is 2.18. The van der Waals surface area contributed by atoms with Gasteiger partial charge in [-0.3, -0.25) is 0 Å². The fraction of sp³-hybridized carbons (Fsp3) is 0.647. The molecule has 21 heavy (non-hydrogen) atoms. The fourth-order valence-electron chi connectivity index (χ4n) is 2.64. The SMILES string of the molecule is COc1ccc(CCC(C)(CN)NCC2CCCO2)cc1. The van der Waals surface area contributed by atoms with Crippen molar-refractivity contribution >= 4 is 0 Å². The van der Waals surface area contributed by atoms with Crippen LogP contribution in [0, 0.1) is 0 Å². The number of hydrogen-bond acceptors (Lipinski definition) is 4. The van der Waals surface area contributed by atoms with E-state index in [-0.39, 0.29) is 5.54 Å². The van der Waals surface area contributed by atoms with Gasteiger partial charge < -0.3 is 20.5 Å². The molecule has 2 atom stereocenters. The number of methoxy groups -OCH3 is 1. The third-order valence-corrected chi connectivity index (χ3v) is 4.36. The molecule has 1 aliphatic rings. The molecule has 1 aromatic rings. The lowest BCUT2D eigenvalue weighted by Crippen LogP contribution is -2.51. The second kappa shape index (κ2) is 7.78. The van der Waals surface area contributed by atoms with Crippen molar-refractivity contribution in [1.29, 1.82) is 0 Å². The summed E-state index contributed by atoms with van der Waals surface area (Å²) in [6, 6.07) is 8.26. The van der Waals surface area contributed by atoms with E-state index in [1.54, 1.807) is 7.11 Å². The zero-order valence-corrected chi connectivity index (χ0v) is 13.2. The Hall–Kier alpha value is -1.10. The van der Waals surface area contributed by atoms with Crippen molar-refractivity contribution in [3.63, 3.8) is 0 Å². The van der Waals surface area contributed by atoms with Crippen LogP contribution in [-0.2, 0) is 11.2 Å². The minimum Gasteiger partial charge on any atom is -0.497 e. The van der Waals surface area contributed by atoms with E-state index in [9.17, 15) is 0 Å². The van der Waals surface area contributed by atoms with Gasteiger partial charge in [0.1, 0.15) is 5.75 Å². The molecule has 0 saturated carbocycles. The maximum atomic E-state index is 5.98. The van der Waals surface area contributed by atoms with E-state index in [2.05, 4.69) is 24.4 Å². The van der Waals surface area contributed by atoms with Crippen LogP contribution in [0.1, 0.15) is 31.7 Å². The van der Waals surface area contributed by atoms with E-state index in [4.69, 9.17) is 15.2 Å². The average molecular weight is 292 g/mol. The fourth-order valence-corrected chi connectivity index (χ4v) is 2.64. The van der Waals surface area contributed by atoms with Gasteiger partial charge in [0, 0.05) is 25.2 Å². The molecular weight excluding hydrogens is 264 g/mol. The van der Waals surface area contributed by atoms with E-state index < -0.39 is 0 Å². The zero-order valence-electron chi connectivity index (χ0n) is 13.2. The molecule has 0 aliphatic carbocycles. The number of benzene rings is 1. The topological polar surface area (TPSA) is 56.5 Å². The number of nitrogens with one attached hydrogen (secondary N) is 1. The Balaban J connectivity index is 1.81. The van der Waals surface area contributed by atoms with Gasteiger partial charge in [0.05, 0.1) is 13.2 Å². The zero-order chi connectivity index (χ0) is 15.1. The normalized spacial score (nSPS) is 21.2. The van der Waals surface area contributed by atoms with Crippen molar-refractivity contribution in [2.75, 3.05) is 26.8 Å². The van der Waals surface area contributed by atoms with Crippen molar-refractivity contribution in [3.05, 3.63) is 29.8 Å². The van der Waals surface area contributed by atoms with Crippen molar-refractivity contribution in [2.45, 2.75) is 44.2 Å². The number of rotatable bonds is 8. The number of nitrogens with two attached hydrogens (primary N) is 1. The van der Waals surface area contributed by atoms with Gasteiger partial charge in [-0.1, -0.05) is 12.1 Å². The maximum absolute atomic E-state index is 5.98. The molecule has 4 nitrogen and oxygen atoms in total. The summed E-state index contributed by atoms with van der Waals surface area (Å²) in [4.78, 5) is 0. The van der Waals surface area contributed by atoms with Gasteiger partial charge >= 0.3 is 0 Å². The van der Waals surface area contributed by atoms with E-state index in [1.165, 1.54) is 12.0 Å². The third-order valence-electron chi connectivity index (χ3n) is 4.36. The van der Waals surface area contributed by atoms with Crippen molar-refractivity contribution in [1.82, 2.24) is 5.32 Å². The highest BCUT2D eigenvalue weighted by atomic mass is 16.5. The van der Waals surface area contributed by atoms with Crippen LogP contribution in [0.15, 0.2) is 24.3 Å². The summed E-state index contributed by atoms with van der Waals surface area (Å²) >= 11 is 0. The Morgan fingerprint density at radius 2 is 2.14 bits per heavy atom. The van der Waals surface area contributed by atoms with E-state index in [0.717, 1.165) is 38.2 Å². The molecule has 0 radical (unpaired) electrons. The molecule has 3 N–H and O–H groups in total. The van der Waals surface area contributed by atoms with Crippen LogP contribution in [0.3, 0.4) is 0 Å². The van der Waals surface area contributed by atoms with Crippen LogP contribution < -0.4 is 15.8 Å². The molecule has 4 heteroatoms. The first kappa shape index (κ1) is 16.3. The summed E-state index contributed by atoms with van der Waals surface area (Å²) in [6.07, 6.45) is 4.72. The second-order valence-electron chi connectivity index (χ2n) is 6.13. The number of ether oxygens (including phenoxy) is 2. The molecular formula is C17H28N2O2. The molecule has 2 rings (SSSR count). The summed E-state index contributed by atoms with van der Waals surface area (Å²) in [6.45, 7) is 4.63. The van der Waals surface area contributed by atoms with Crippen molar-refractivity contribution in [3.8, 4) is 5.75 Å². The van der Waals surface area contributed by atoms with Crippen LogP contribution in [0.4, 0.5) is 0 Å². The lowest BCUT2D eigenvalue weighted by Gasteiger charge is -2.31. The molecule has 2 unspecified atom stereocenters. The van der Waals surface area contributed by atoms with Gasteiger partial charge in [0.2, 0.25) is 0 Å². The molecule has 0 spiro atoms. The van der Waals surface area contributed by atoms with E-state index in [0.29, 0.717) is 12.6 Å². The molecule has 118 valence electrons. The summed E-state index contributed by atoms with van der Waals surface area (Å²) < 4.78 is 10.8. The maximum Gasteiger partial charge on any atom is 0.118 e. The highest BCUT2D eigenvalue weighted by Gasteiger charge is 2.24. The Labute approximate surface area is 128 Å². The molecule has 1 heterocycles. The monoisotopic (exact) mass is 292 g/mol. The van der Waals surface area contributed by atoms with Gasteiger partial charge in [-0.05, 0) is 50.3 Å². The third kappa shape index (κ3) is 4.99. The first-order chi connectivity index (χ1) is 10.1. The van der Waals surface area contributed by atoms with Crippen LogP contribution in [0.25, 0.3) is 0 Å². The van der Waals surface area contributed by atoms with Crippen LogP contribution in [0.2, 0.25) is 0 Å². The predicted octanol–water partition coefficient (Wildman–Crippen LogP) is 2.11. The Morgan fingerprint density at radius 3 is 2.71 bits per heavy atom.